The molecule has 104 valence electrons. The van der Waals surface area contributed by atoms with Crippen LogP contribution in [0, 0.1) is 11.6 Å². The molecule has 0 bridgehead atoms. The van der Waals surface area contributed by atoms with Gasteiger partial charge in [-0.1, -0.05) is 34.8 Å². The first-order valence-corrected chi connectivity index (χ1v) is 6.43. The second kappa shape index (κ2) is 5.95. The number of amides is 1. The maximum absolute atomic E-state index is 13.5. The number of halogens is 5. The van der Waals surface area contributed by atoms with E-state index in [4.69, 9.17) is 34.8 Å². The first-order valence-electron chi connectivity index (χ1n) is 5.29. The van der Waals surface area contributed by atoms with E-state index in [9.17, 15) is 13.6 Å². The molecule has 0 heterocycles. The maximum atomic E-state index is 13.5. The minimum absolute atomic E-state index is 0.144. The van der Waals surface area contributed by atoms with Crippen LogP contribution in [-0.4, -0.2) is 5.91 Å². The molecular weight excluding hydrogens is 331 g/mol. The molecule has 0 atom stereocenters. The summed E-state index contributed by atoms with van der Waals surface area (Å²) in [5, 5.41) is 2.08. The van der Waals surface area contributed by atoms with Gasteiger partial charge in [-0.3, -0.25) is 4.79 Å². The molecule has 0 spiro atoms. The maximum Gasteiger partial charge on any atom is 0.258 e. The van der Waals surface area contributed by atoms with Gasteiger partial charge in [0, 0.05) is 10.7 Å². The van der Waals surface area contributed by atoms with Crippen LogP contribution >= 0.6 is 34.8 Å². The zero-order valence-corrected chi connectivity index (χ0v) is 12.0. The van der Waals surface area contributed by atoms with E-state index in [1.807, 2.05) is 0 Å². The van der Waals surface area contributed by atoms with E-state index >= 15 is 0 Å². The van der Waals surface area contributed by atoms with Crippen LogP contribution in [0.1, 0.15) is 10.4 Å². The smallest absolute Gasteiger partial charge is 0.258 e. The summed E-state index contributed by atoms with van der Waals surface area (Å²) in [5.41, 5.74) is -0.0974. The summed E-state index contributed by atoms with van der Waals surface area (Å²) in [6.45, 7) is 0. The summed E-state index contributed by atoms with van der Waals surface area (Å²) in [5.74, 6) is -2.27. The predicted molar refractivity (Wildman–Crippen MR) is 75.8 cm³/mol. The molecule has 2 nitrogen and oxygen atoms in total. The van der Waals surface area contributed by atoms with Gasteiger partial charge < -0.3 is 5.32 Å². The SMILES string of the molecule is O=C(Nc1cc(Cl)c(F)c(Cl)c1)c1cc(Cl)ccc1F. The Hall–Kier alpha value is -1.36. The number of anilines is 1. The Kier molecular flexibility index (Phi) is 4.48. The number of nitrogens with one attached hydrogen (secondary N) is 1. The van der Waals surface area contributed by atoms with Crippen LogP contribution in [0.5, 0.6) is 0 Å². The summed E-state index contributed by atoms with van der Waals surface area (Å²) in [6.07, 6.45) is 0. The molecule has 0 aliphatic rings. The Morgan fingerprint density at radius 3 is 2.20 bits per heavy atom. The highest BCUT2D eigenvalue weighted by Gasteiger charge is 2.14. The van der Waals surface area contributed by atoms with E-state index in [2.05, 4.69) is 5.32 Å². The zero-order chi connectivity index (χ0) is 14.9. The van der Waals surface area contributed by atoms with Gasteiger partial charge in [-0.15, -0.1) is 0 Å². The molecule has 0 saturated heterocycles. The molecule has 0 saturated carbocycles. The topological polar surface area (TPSA) is 29.1 Å². The number of hydrogen-bond donors (Lipinski definition) is 1. The Bertz CT molecular complexity index is 668. The Labute approximate surface area is 128 Å². The molecule has 0 unspecified atom stereocenters. The third-order valence-electron chi connectivity index (χ3n) is 2.41. The molecule has 1 N–H and O–H groups in total. The van der Waals surface area contributed by atoms with Crippen molar-refractivity contribution < 1.29 is 13.6 Å². The predicted octanol–water partition coefficient (Wildman–Crippen LogP) is 5.18. The lowest BCUT2D eigenvalue weighted by Crippen LogP contribution is -2.14. The summed E-state index contributed by atoms with van der Waals surface area (Å²) < 4.78 is 26.7. The second-order valence-corrected chi connectivity index (χ2v) is 5.08. The lowest BCUT2D eigenvalue weighted by Gasteiger charge is -2.08. The highest BCUT2D eigenvalue weighted by atomic mass is 35.5. The molecule has 2 rings (SSSR count). The van der Waals surface area contributed by atoms with Crippen molar-refractivity contribution in [2.45, 2.75) is 0 Å². The minimum atomic E-state index is -0.791. The molecular formula is C13H6Cl3F2NO. The van der Waals surface area contributed by atoms with Crippen LogP contribution in [-0.2, 0) is 0 Å². The fraction of sp³-hybridized carbons (Fsp3) is 0. The number of rotatable bonds is 2. The average Bonchev–Trinajstić information content (AvgIpc) is 2.38. The molecule has 0 aliphatic heterocycles. The summed E-state index contributed by atoms with van der Waals surface area (Å²) >= 11 is 16.9. The van der Waals surface area contributed by atoms with E-state index in [1.54, 1.807) is 0 Å². The van der Waals surface area contributed by atoms with Crippen molar-refractivity contribution in [3.8, 4) is 0 Å². The van der Waals surface area contributed by atoms with Crippen molar-refractivity contribution in [3.63, 3.8) is 0 Å². The molecule has 0 aliphatic carbocycles. The first-order chi connectivity index (χ1) is 9.38. The molecule has 20 heavy (non-hydrogen) atoms. The third-order valence-corrected chi connectivity index (χ3v) is 3.20. The second-order valence-electron chi connectivity index (χ2n) is 3.83. The highest BCUT2D eigenvalue weighted by Crippen LogP contribution is 2.27. The van der Waals surface area contributed by atoms with E-state index in [1.165, 1.54) is 24.3 Å². The van der Waals surface area contributed by atoms with Gasteiger partial charge in [0.25, 0.3) is 5.91 Å². The molecule has 1 amide bonds. The minimum Gasteiger partial charge on any atom is -0.322 e. The quantitative estimate of drug-likeness (QED) is 0.752. The highest BCUT2D eigenvalue weighted by molar-refractivity contribution is 6.35. The Morgan fingerprint density at radius 1 is 1.00 bits per heavy atom. The van der Waals surface area contributed by atoms with Crippen molar-refractivity contribution in [1.82, 2.24) is 0 Å². The summed E-state index contributed by atoms with van der Waals surface area (Å²) in [6, 6.07) is 5.91. The molecule has 2 aromatic rings. The van der Waals surface area contributed by atoms with Gasteiger partial charge in [-0.2, -0.15) is 0 Å². The fourth-order valence-electron chi connectivity index (χ4n) is 1.50. The van der Waals surface area contributed by atoms with Crippen molar-refractivity contribution in [2.75, 3.05) is 5.32 Å². The van der Waals surface area contributed by atoms with Crippen LogP contribution in [0.4, 0.5) is 14.5 Å². The van der Waals surface area contributed by atoms with Gasteiger partial charge in [0.2, 0.25) is 0 Å². The van der Waals surface area contributed by atoms with Gasteiger partial charge in [0.15, 0.2) is 5.82 Å². The van der Waals surface area contributed by atoms with Crippen LogP contribution in [0.3, 0.4) is 0 Å². The zero-order valence-electron chi connectivity index (χ0n) is 9.68. The van der Waals surface area contributed by atoms with Crippen LogP contribution < -0.4 is 5.32 Å². The van der Waals surface area contributed by atoms with Gasteiger partial charge in [-0.05, 0) is 30.3 Å². The van der Waals surface area contributed by atoms with Gasteiger partial charge in [-0.25, -0.2) is 8.78 Å². The van der Waals surface area contributed by atoms with Gasteiger partial charge in [0.1, 0.15) is 5.82 Å². The molecule has 0 fully saturated rings. The van der Waals surface area contributed by atoms with Crippen molar-refractivity contribution in [2.24, 2.45) is 0 Å². The van der Waals surface area contributed by atoms with Gasteiger partial charge >= 0.3 is 0 Å². The van der Waals surface area contributed by atoms with Crippen LogP contribution in [0.2, 0.25) is 15.1 Å². The van der Waals surface area contributed by atoms with E-state index in [0.717, 1.165) is 6.07 Å². The van der Waals surface area contributed by atoms with Crippen LogP contribution in [0.25, 0.3) is 0 Å². The van der Waals surface area contributed by atoms with Crippen molar-refractivity contribution >= 4 is 46.4 Å². The van der Waals surface area contributed by atoms with E-state index in [0.29, 0.717) is 0 Å². The lowest BCUT2D eigenvalue weighted by molar-refractivity contribution is 0.102. The Morgan fingerprint density at radius 2 is 1.60 bits per heavy atom. The molecule has 0 aromatic heterocycles. The van der Waals surface area contributed by atoms with Crippen molar-refractivity contribution in [1.29, 1.82) is 0 Å². The van der Waals surface area contributed by atoms with E-state index in [-0.39, 0.29) is 26.3 Å². The number of hydrogen-bond acceptors (Lipinski definition) is 1. The first kappa shape index (κ1) is 15.0. The van der Waals surface area contributed by atoms with Crippen LogP contribution in [0.15, 0.2) is 30.3 Å². The van der Waals surface area contributed by atoms with Gasteiger partial charge in [0.05, 0.1) is 15.6 Å². The average molecular weight is 337 g/mol. The van der Waals surface area contributed by atoms with Crippen molar-refractivity contribution in [3.05, 3.63) is 62.6 Å². The molecule has 0 radical (unpaired) electrons. The number of carbonyl (C=O) groups is 1. The number of benzene rings is 2. The fourth-order valence-corrected chi connectivity index (χ4v) is 2.16. The number of carbonyl (C=O) groups excluding carboxylic acids is 1. The summed E-state index contributed by atoms with van der Waals surface area (Å²) in [7, 11) is 0. The summed E-state index contributed by atoms with van der Waals surface area (Å²) in [4.78, 5) is 11.9. The van der Waals surface area contributed by atoms with E-state index < -0.39 is 17.5 Å². The third kappa shape index (κ3) is 3.20. The monoisotopic (exact) mass is 335 g/mol. The lowest BCUT2D eigenvalue weighted by atomic mass is 10.2. The standard InChI is InChI=1S/C13H6Cl3F2NO/c14-6-1-2-11(17)8(3-6)13(20)19-7-4-9(15)12(18)10(16)5-7/h1-5H,(H,19,20). The Balaban J connectivity index is 2.30. The molecule has 2 aromatic carbocycles. The normalized spacial score (nSPS) is 10.4. The molecule has 7 heteroatoms. The largest absolute Gasteiger partial charge is 0.322 e.